The molecule has 1 fully saturated rings. The molecular weight excluding hydrogens is 390 g/mol. The van der Waals surface area contributed by atoms with Crippen molar-refractivity contribution in [3.63, 3.8) is 0 Å². The molecule has 3 rings (SSSR count). The van der Waals surface area contributed by atoms with Gasteiger partial charge >= 0.3 is 0 Å². The van der Waals surface area contributed by atoms with Gasteiger partial charge in [-0.3, -0.25) is 14.4 Å². The lowest BCUT2D eigenvalue weighted by atomic mass is 10.0. The van der Waals surface area contributed by atoms with Crippen LogP contribution in [-0.2, 0) is 10.0 Å². The van der Waals surface area contributed by atoms with E-state index < -0.39 is 10.0 Å². The van der Waals surface area contributed by atoms with E-state index >= 15 is 0 Å². The van der Waals surface area contributed by atoms with E-state index in [1.54, 1.807) is 31.4 Å². The highest BCUT2D eigenvalue weighted by atomic mass is 32.2. The van der Waals surface area contributed by atoms with Gasteiger partial charge in [-0.2, -0.15) is 0 Å². The van der Waals surface area contributed by atoms with Crippen LogP contribution in [0.15, 0.2) is 48.5 Å². The van der Waals surface area contributed by atoms with E-state index in [0.717, 1.165) is 43.5 Å². The van der Waals surface area contributed by atoms with Crippen molar-refractivity contribution >= 4 is 21.6 Å². The summed E-state index contributed by atoms with van der Waals surface area (Å²) in [5.74, 6) is 0.480. The Morgan fingerprint density at radius 2 is 1.76 bits per heavy atom. The molecule has 156 valence electrons. The van der Waals surface area contributed by atoms with Crippen LogP contribution in [0.5, 0.6) is 5.75 Å². The van der Waals surface area contributed by atoms with Gasteiger partial charge in [0, 0.05) is 6.54 Å². The van der Waals surface area contributed by atoms with Gasteiger partial charge in [0.15, 0.2) is 0 Å². The molecule has 2 N–H and O–H groups in total. The first-order valence-corrected chi connectivity index (χ1v) is 11.5. The number of para-hydroxylation sites is 1. The quantitative estimate of drug-likeness (QED) is 0.689. The van der Waals surface area contributed by atoms with Crippen molar-refractivity contribution in [2.45, 2.75) is 18.9 Å². The van der Waals surface area contributed by atoms with Gasteiger partial charge in [-0.05, 0) is 55.8 Å². The third-order valence-corrected chi connectivity index (χ3v) is 5.60. The van der Waals surface area contributed by atoms with Gasteiger partial charge in [0.1, 0.15) is 5.75 Å². The number of nitrogens with zero attached hydrogens (tertiary/aromatic N) is 1. The SMILES string of the molecule is COc1ccc([C@@H](CNC(=O)c2ccccc2NS(C)(=O)=O)N2CCCC2)cc1. The number of hydrogen-bond acceptors (Lipinski definition) is 5. The fourth-order valence-corrected chi connectivity index (χ4v) is 4.17. The van der Waals surface area contributed by atoms with Crippen LogP contribution < -0.4 is 14.8 Å². The van der Waals surface area contributed by atoms with Gasteiger partial charge in [0.05, 0.1) is 30.7 Å². The first-order valence-electron chi connectivity index (χ1n) is 9.60. The Labute approximate surface area is 172 Å². The topological polar surface area (TPSA) is 87.7 Å². The van der Waals surface area contributed by atoms with Crippen LogP contribution in [0.1, 0.15) is 34.8 Å². The fourth-order valence-electron chi connectivity index (χ4n) is 3.59. The lowest BCUT2D eigenvalue weighted by molar-refractivity contribution is 0.0939. The molecule has 2 aromatic rings. The van der Waals surface area contributed by atoms with Gasteiger partial charge in [-0.1, -0.05) is 24.3 Å². The van der Waals surface area contributed by atoms with E-state index in [0.29, 0.717) is 12.1 Å². The Bertz CT molecular complexity index is 939. The van der Waals surface area contributed by atoms with Crippen LogP contribution in [0.3, 0.4) is 0 Å². The minimum atomic E-state index is -3.48. The number of rotatable bonds is 8. The Morgan fingerprint density at radius 1 is 1.10 bits per heavy atom. The number of sulfonamides is 1. The summed E-state index contributed by atoms with van der Waals surface area (Å²) in [5.41, 5.74) is 1.68. The van der Waals surface area contributed by atoms with E-state index in [9.17, 15) is 13.2 Å². The number of methoxy groups -OCH3 is 1. The normalized spacial score (nSPS) is 15.7. The molecule has 7 nitrogen and oxygen atoms in total. The first-order chi connectivity index (χ1) is 13.9. The Hall–Kier alpha value is -2.58. The zero-order chi connectivity index (χ0) is 20.9. The molecule has 1 amide bonds. The summed E-state index contributed by atoms with van der Waals surface area (Å²) in [4.78, 5) is 15.2. The smallest absolute Gasteiger partial charge is 0.253 e. The molecular formula is C21H27N3O4S. The molecule has 0 bridgehead atoms. The van der Waals surface area contributed by atoms with Gasteiger partial charge in [0.2, 0.25) is 10.0 Å². The third-order valence-electron chi connectivity index (χ3n) is 5.01. The van der Waals surface area contributed by atoms with Crippen molar-refractivity contribution < 1.29 is 17.9 Å². The summed E-state index contributed by atoms with van der Waals surface area (Å²) in [7, 11) is -1.84. The number of carbonyl (C=O) groups is 1. The highest BCUT2D eigenvalue weighted by Gasteiger charge is 2.24. The minimum Gasteiger partial charge on any atom is -0.497 e. The summed E-state index contributed by atoms with van der Waals surface area (Å²) >= 11 is 0. The van der Waals surface area contributed by atoms with Gasteiger partial charge < -0.3 is 10.1 Å². The summed E-state index contributed by atoms with van der Waals surface area (Å²) in [6, 6.07) is 14.5. The largest absolute Gasteiger partial charge is 0.497 e. The lowest BCUT2D eigenvalue weighted by Gasteiger charge is -2.28. The predicted molar refractivity (Wildman–Crippen MR) is 114 cm³/mol. The molecule has 0 unspecified atom stereocenters. The number of anilines is 1. The number of ether oxygens (including phenoxy) is 1. The number of benzene rings is 2. The van der Waals surface area contributed by atoms with Crippen molar-refractivity contribution in [3.8, 4) is 5.75 Å². The molecule has 29 heavy (non-hydrogen) atoms. The molecule has 1 heterocycles. The van der Waals surface area contributed by atoms with Crippen LogP contribution >= 0.6 is 0 Å². The maximum atomic E-state index is 12.8. The number of amides is 1. The standard InChI is InChI=1S/C21H27N3O4S/c1-28-17-11-9-16(10-12-17)20(24-13-5-6-14-24)15-22-21(25)18-7-3-4-8-19(18)23-29(2,26)27/h3-4,7-12,20,23H,5-6,13-15H2,1-2H3,(H,22,25)/t20-/m1/s1. The average molecular weight is 418 g/mol. The molecule has 1 atom stereocenters. The highest BCUT2D eigenvalue weighted by molar-refractivity contribution is 7.92. The molecule has 2 aromatic carbocycles. The summed E-state index contributed by atoms with van der Waals surface area (Å²) in [6.07, 6.45) is 3.35. The maximum Gasteiger partial charge on any atom is 0.253 e. The lowest BCUT2D eigenvalue weighted by Crippen LogP contribution is -2.37. The Morgan fingerprint density at radius 3 is 2.38 bits per heavy atom. The molecule has 0 aromatic heterocycles. The zero-order valence-corrected chi connectivity index (χ0v) is 17.5. The van der Waals surface area contributed by atoms with E-state index in [1.165, 1.54) is 0 Å². The second-order valence-corrected chi connectivity index (χ2v) is 8.91. The van der Waals surface area contributed by atoms with Crippen LogP contribution in [0, 0.1) is 0 Å². The van der Waals surface area contributed by atoms with Crippen molar-refractivity contribution in [1.29, 1.82) is 0 Å². The summed E-state index contributed by atoms with van der Waals surface area (Å²) < 4.78 is 30.8. The van der Waals surface area contributed by atoms with E-state index in [1.807, 2.05) is 24.3 Å². The van der Waals surface area contributed by atoms with Crippen molar-refractivity contribution in [1.82, 2.24) is 10.2 Å². The number of nitrogens with one attached hydrogen (secondary N) is 2. The highest BCUT2D eigenvalue weighted by Crippen LogP contribution is 2.26. The van der Waals surface area contributed by atoms with E-state index in [4.69, 9.17) is 4.74 Å². The van der Waals surface area contributed by atoms with Crippen LogP contribution in [0.25, 0.3) is 0 Å². The summed E-state index contributed by atoms with van der Waals surface area (Å²) in [5, 5.41) is 2.98. The van der Waals surface area contributed by atoms with Gasteiger partial charge in [0.25, 0.3) is 5.91 Å². The monoisotopic (exact) mass is 417 g/mol. The average Bonchev–Trinajstić information content (AvgIpc) is 3.22. The Balaban J connectivity index is 1.76. The molecule has 0 radical (unpaired) electrons. The number of carbonyl (C=O) groups excluding carboxylic acids is 1. The second-order valence-electron chi connectivity index (χ2n) is 7.16. The van der Waals surface area contributed by atoms with Crippen LogP contribution in [0.2, 0.25) is 0 Å². The second kappa shape index (κ2) is 9.28. The molecule has 0 saturated carbocycles. The van der Waals surface area contributed by atoms with Crippen LogP contribution in [-0.4, -0.2) is 52.2 Å². The predicted octanol–water partition coefficient (Wildman–Crippen LogP) is 2.63. The van der Waals surface area contributed by atoms with Crippen molar-refractivity contribution in [2.75, 3.05) is 37.7 Å². The maximum absolute atomic E-state index is 12.8. The van der Waals surface area contributed by atoms with E-state index in [2.05, 4.69) is 14.9 Å². The van der Waals surface area contributed by atoms with Crippen molar-refractivity contribution in [3.05, 3.63) is 59.7 Å². The van der Waals surface area contributed by atoms with Crippen molar-refractivity contribution in [2.24, 2.45) is 0 Å². The third kappa shape index (κ3) is 5.71. The van der Waals surface area contributed by atoms with Gasteiger partial charge in [-0.15, -0.1) is 0 Å². The molecule has 8 heteroatoms. The fraction of sp³-hybridized carbons (Fsp3) is 0.381. The Kier molecular flexibility index (Phi) is 6.76. The molecule has 1 aliphatic rings. The molecule has 0 aliphatic carbocycles. The first kappa shape index (κ1) is 21.1. The number of likely N-dealkylation sites (tertiary alicyclic amines) is 1. The molecule has 1 saturated heterocycles. The van der Waals surface area contributed by atoms with Crippen LogP contribution in [0.4, 0.5) is 5.69 Å². The molecule has 0 spiro atoms. The number of hydrogen-bond donors (Lipinski definition) is 2. The molecule has 1 aliphatic heterocycles. The summed E-state index contributed by atoms with van der Waals surface area (Å²) in [6.45, 7) is 2.40. The van der Waals surface area contributed by atoms with E-state index in [-0.39, 0.29) is 17.6 Å². The zero-order valence-electron chi connectivity index (χ0n) is 16.7. The van der Waals surface area contributed by atoms with Gasteiger partial charge in [-0.25, -0.2) is 8.42 Å². The minimum absolute atomic E-state index is 0.0439.